The molecule has 2 aromatic carbocycles. The van der Waals surface area contributed by atoms with E-state index in [1.54, 1.807) is 0 Å². The topological polar surface area (TPSA) is 16.4 Å². The molecule has 0 bridgehead atoms. The maximum absolute atomic E-state index is 5.39. The fourth-order valence-corrected chi connectivity index (χ4v) is 2.58. The van der Waals surface area contributed by atoms with Crippen molar-refractivity contribution in [3.8, 4) is 0 Å². The van der Waals surface area contributed by atoms with Crippen molar-refractivity contribution < 1.29 is 9.30 Å². The van der Waals surface area contributed by atoms with E-state index >= 15 is 0 Å². The molecule has 0 amide bonds. The number of nitrogens with zero attached hydrogens (tertiary/aromatic N) is 1. The Morgan fingerprint density at radius 3 is 2.06 bits per heavy atom. The van der Waals surface area contributed by atoms with E-state index in [1.165, 1.54) is 21.8 Å². The highest BCUT2D eigenvalue weighted by atomic mass is 16.6. The first-order chi connectivity index (χ1) is 8.92. The van der Waals surface area contributed by atoms with Gasteiger partial charge in [-0.1, -0.05) is 24.3 Å². The SMILES string of the molecule is c1ccc2c(c1)cc1ccccc1[n+]2CC1CO1. The number of fused-ring (bicyclic) bond motifs is 2. The molecule has 1 aromatic heterocycles. The van der Waals surface area contributed by atoms with Gasteiger partial charge in [-0.15, -0.1) is 0 Å². The number of ether oxygens (including phenoxy) is 1. The maximum atomic E-state index is 5.39. The summed E-state index contributed by atoms with van der Waals surface area (Å²) < 4.78 is 7.77. The lowest BCUT2D eigenvalue weighted by atomic mass is 10.1. The van der Waals surface area contributed by atoms with E-state index in [1.807, 2.05) is 0 Å². The Morgan fingerprint density at radius 2 is 1.50 bits per heavy atom. The van der Waals surface area contributed by atoms with Crippen LogP contribution < -0.4 is 4.57 Å². The first-order valence-electron chi connectivity index (χ1n) is 6.34. The first-order valence-corrected chi connectivity index (χ1v) is 6.34. The highest BCUT2D eigenvalue weighted by Gasteiger charge is 2.29. The van der Waals surface area contributed by atoms with Gasteiger partial charge in [-0.3, -0.25) is 0 Å². The molecule has 0 spiro atoms. The summed E-state index contributed by atoms with van der Waals surface area (Å²) in [5.41, 5.74) is 2.57. The Morgan fingerprint density at radius 1 is 0.944 bits per heavy atom. The zero-order valence-electron chi connectivity index (χ0n) is 10.0. The molecule has 0 radical (unpaired) electrons. The van der Waals surface area contributed by atoms with E-state index in [-0.39, 0.29) is 0 Å². The molecule has 88 valence electrons. The number of para-hydroxylation sites is 2. The highest BCUT2D eigenvalue weighted by molar-refractivity contribution is 5.88. The van der Waals surface area contributed by atoms with Gasteiger partial charge < -0.3 is 4.74 Å². The molecule has 0 aliphatic carbocycles. The van der Waals surface area contributed by atoms with Crippen LogP contribution in [0.3, 0.4) is 0 Å². The number of epoxide rings is 1. The third-order valence-corrected chi connectivity index (χ3v) is 3.55. The average Bonchev–Trinajstić information content (AvgIpc) is 3.22. The van der Waals surface area contributed by atoms with Crippen molar-refractivity contribution in [1.82, 2.24) is 0 Å². The van der Waals surface area contributed by atoms with Crippen molar-refractivity contribution in [3.63, 3.8) is 0 Å². The summed E-state index contributed by atoms with van der Waals surface area (Å²) in [5, 5.41) is 2.58. The third kappa shape index (κ3) is 1.57. The van der Waals surface area contributed by atoms with Crippen LogP contribution in [0.1, 0.15) is 0 Å². The molecule has 2 nitrogen and oxygen atoms in total. The van der Waals surface area contributed by atoms with Crippen LogP contribution in [0.25, 0.3) is 21.8 Å². The normalized spacial score (nSPS) is 18.3. The van der Waals surface area contributed by atoms with Gasteiger partial charge in [0.05, 0.1) is 6.61 Å². The van der Waals surface area contributed by atoms with Crippen LogP contribution in [0, 0.1) is 0 Å². The number of hydrogen-bond donors (Lipinski definition) is 0. The molecular weight excluding hydrogens is 222 g/mol. The third-order valence-electron chi connectivity index (χ3n) is 3.55. The molecular formula is C16H14NO+. The van der Waals surface area contributed by atoms with Crippen molar-refractivity contribution in [3.05, 3.63) is 54.6 Å². The predicted molar refractivity (Wildman–Crippen MR) is 71.4 cm³/mol. The standard InChI is InChI=1S/C16H14NO/c1-3-7-15-12(5-1)9-13-6-2-4-8-16(13)17(15)10-14-11-18-14/h1-9,14H,10-11H2/q+1. The molecule has 18 heavy (non-hydrogen) atoms. The van der Waals surface area contributed by atoms with Crippen LogP contribution in [0.5, 0.6) is 0 Å². The average molecular weight is 236 g/mol. The fraction of sp³-hybridized carbons (Fsp3) is 0.188. The second-order valence-electron chi connectivity index (χ2n) is 4.83. The van der Waals surface area contributed by atoms with E-state index in [4.69, 9.17) is 4.74 Å². The van der Waals surface area contributed by atoms with Gasteiger partial charge in [-0.2, -0.15) is 4.57 Å². The number of benzene rings is 2. The van der Waals surface area contributed by atoms with Crippen LogP contribution >= 0.6 is 0 Å². The van der Waals surface area contributed by atoms with Gasteiger partial charge in [-0.25, -0.2) is 0 Å². The summed E-state index contributed by atoms with van der Waals surface area (Å²) in [6.45, 7) is 1.84. The van der Waals surface area contributed by atoms with Crippen molar-refractivity contribution in [2.24, 2.45) is 0 Å². The lowest BCUT2D eigenvalue weighted by Crippen LogP contribution is -2.38. The minimum atomic E-state index is 0.393. The molecule has 0 saturated carbocycles. The summed E-state index contributed by atoms with van der Waals surface area (Å²) in [7, 11) is 0. The Hall–Kier alpha value is -1.93. The predicted octanol–water partition coefficient (Wildman–Crippen LogP) is 2.68. The summed E-state index contributed by atoms with van der Waals surface area (Å²) >= 11 is 0. The van der Waals surface area contributed by atoms with Gasteiger partial charge in [-0.05, 0) is 18.2 Å². The molecule has 1 unspecified atom stereocenters. The largest absolute Gasteiger partial charge is 0.366 e. The molecule has 4 rings (SSSR count). The minimum absolute atomic E-state index is 0.393. The summed E-state index contributed by atoms with van der Waals surface area (Å²) in [4.78, 5) is 0. The number of hydrogen-bond acceptors (Lipinski definition) is 1. The number of rotatable bonds is 2. The molecule has 2 heterocycles. The van der Waals surface area contributed by atoms with Gasteiger partial charge in [0.15, 0.2) is 6.54 Å². The van der Waals surface area contributed by atoms with Gasteiger partial charge in [0.1, 0.15) is 6.10 Å². The molecule has 1 atom stereocenters. The smallest absolute Gasteiger partial charge is 0.213 e. The molecule has 2 heteroatoms. The Kier molecular flexibility index (Phi) is 2.11. The second-order valence-corrected chi connectivity index (χ2v) is 4.83. The van der Waals surface area contributed by atoms with Crippen molar-refractivity contribution in [2.75, 3.05) is 6.61 Å². The van der Waals surface area contributed by atoms with Crippen molar-refractivity contribution in [1.29, 1.82) is 0 Å². The Balaban J connectivity index is 2.09. The quantitative estimate of drug-likeness (QED) is 0.379. The monoisotopic (exact) mass is 236 g/mol. The van der Waals surface area contributed by atoms with E-state index in [9.17, 15) is 0 Å². The lowest BCUT2D eigenvalue weighted by Gasteiger charge is -2.04. The fourth-order valence-electron chi connectivity index (χ4n) is 2.58. The van der Waals surface area contributed by atoms with Crippen LogP contribution in [-0.4, -0.2) is 12.7 Å². The van der Waals surface area contributed by atoms with E-state index in [0.717, 1.165) is 13.2 Å². The zero-order valence-corrected chi connectivity index (χ0v) is 10.0. The summed E-state index contributed by atoms with van der Waals surface area (Å²) in [6, 6.07) is 19.4. The molecule has 1 aliphatic heterocycles. The van der Waals surface area contributed by atoms with E-state index in [2.05, 4.69) is 59.2 Å². The van der Waals surface area contributed by atoms with Crippen molar-refractivity contribution in [2.45, 2.75) is 12.6 Å². The lowest BCUT2D eigenvalue weighted by molar-refractivity contribution is -0.646. The molecule has 1 fully saturated rings. The van der Waals surface area contributed by atoms with E-state index < -0.39 is 0 Å². The summed E-state index contributed by atoms with van der Waals surface area (Å²) in [5.74, 6) is 0. The van der Waals surface area contributed by atoms with E-state index in [0.29, 0.717) is 6.10 Å². The second kappa shape index (κ2) is 3.79. The Bertz CT molecular complexity index is 677. The van der Waals surface area contributed by atoms with Gasteiger partial charge in [0.2, 0.25) is 11.0 Å². The van der Waals surface area contributed by atoms with Crippen LogP contribution in [-0.2, 0) is 11.3 Å². The minimum Gasteiger partial charge on any atom is -0.366 e. The maximum Gasteiger partial charge on any atom is 0.213 e. The van der Waals surface area contributed by atoms with Gasteiger partial charge >= 0.3 is 0 Å². The zero-order chi connectivity index (χ0) is 11.9. The van der Waals surface area contributed by atoms with Gasteiger partial charge in [0.25, 0.3) is 0 Å². The van der Waals surface area contributed by atoms with Gasteiger partial charge in [0, 0.05) is 22.9 Å². The molecule has 1 saturated heterocycles. The van der Waals surface area contributed by atoms with Crippen molar-refractivity contribution >= 4 is 21.8 Å². The number of aromatic nitrogens is 1. The Labute approximate surface area is 105 Å². The first kappa shape index (κ1) is 10.0. The molecule has 3 aromatic rings. The van der Waals surface area contributed by atoms with Crippen LogP contribution in [0.2, 0.25) is 0 Å². The molecule has 0 N–H and O–H groups in total. The van der Waals surface area contributed by atoms with Crippen LogP contribution in [0.4, 0.5) is 0 Å². The highest BCUT2D eigenvalue weighted by Crippen LogP contribution is 2.19. The number of pyridine rings is 1. The summed E-state index contributed by atoms with van der Waals surface area (Å²) in [6.07, 6.45) is 0.393. The molecule has 1 aliphatic rings. The van der Waals surface area contributed by atoms with Crippen LogP contribution in [0.15, 0.2) is 54.6 Å².